The molecule has 106 valence electrons. The second-order valence-corrected chi connectivity index (χ2v) is 6.07. The molecule has 0 amide bonds. The normalized spacial score (nSPS) is 12.3. The van der Waals surface area contributed by atoms with Crippen molar-refractivity contribution in [2.24, 2.45) is 0 Å². The SMILES string of the molecule is CCNC(CSc1ccc(Cl)cc1)Cc1ccccn1. The maximum Gasteiger partial charge on any atom is 0.0419 e. The van der Waals surface area contributed by atoms with Crippen LogP contribution in [-0.4, -0.2) is 23.3 Å². The third kappa shape index (κ3) is 5.16. The van der Waals surface area contributed by atoms with Gasteiger partial charge in [-0.2, -0.15) is 0 Å². The molecule has 0 aliphatic rings. The number of likely N-dealkylation sites (N-methyl/N-ethyl adjacent to an activating group) is 1. The molecular formula is C16H19ClN2S. The number of pyridine rings is 1. The third-order valence-corrected chi connectivity index (χ3v) is 4.37. The van der Waals surface area contributed by atoms with Crippen LogP contribution in [0.1, 0.15) is 12.6 Å². The molecule has 1 heterocycles. The molecule has 1 unspecified atom stereocenters. The van der Waals surface area contributed by atoms with Crippen LogP contribution in [0.15, 0.2) is 53.6 Å². The Bertz CT molecular complexity index is 502. The lowest BCUT2D eigenvalue weighted by Gasteiger charge is -2.17. The third-order valence-electron chi connectivity index (χ3n) is 2.94. The highest BCUT2D eigenvalue weighted by Crippen LogP contribution is 2.21. The number of hydrogen-bond acceptors (Lipinski definition) is 3. The standard InChI is InChI=1S/C16H19ClN2S/c1-2-18-15(11-14-5-3-4-10-19-14)12-20-16-8-6-13(17)7-9-16/h3-10,15,18H,2,11-12H2,1H3. The van der Waals surface area contributed by atoms with Crippen LogP contribution in [0.4, 0.5) is 0 Å². The van der Waals surface area contributed by atoms with E-state index in [1.807, 2.05) is 42.2 Å². The average molecular weight is 307 g/mol. The van der Waals surface area contributed by atoms with Crippen molar-refractivity contribution < 1.29 is 0 Å². The van der Waals surface area contributed by atoms with Crippen molar-refractivity contribution in [1.82, 2.24) is 10.3 Å². The smallest absolute Gasteiger partial charge is 0.0419 e. The number of nitrogens with one attached hydrogen (secondary N) is 1. The van der Waals surface area contributed by atoms with Crippen LogP contribution in [-0.2, 0) is 6.42 Å². The van der Waals surface area contributed by atoms with E-state index in [9.17, 15) is 0 Å². The highest BCUT2D eigenvalue weighted by atomic mass is 35.5. The lowest BCUT2D eigenvalue weighted by molar-refractivity contribution is 0.566. The highest BCUT2D eigenvalue weighted by molar-refractivity contribution is 7.99. The Morgan fingerprint density at radius 2 is 2.00 bits per heavy atom. The first-order valence-corrected chi connectivity index (χ1v) is 8.16. The van der Waals surface area contributed by atoms with Gasteiger partial charge in [0.25, 0.3) is 0 Å². The predicted octanol–water partition coefficient (Wildman–Crippen LogP) is 4.05. The maximum atomic E-state index is 5.90. The Labute approximate surface area is 130 Å². The van der Waals surface area contributed by atoms with E-state index in [2.05, 4.69) is 35.4 Å². The summed E-state index contributed by atoms with van der Waals surface area (Å²) in [6.07, 6.45) is 2.81. The van der Waals surface area contributed by atoms with E-state index in [-0.39, 0.29) is 0 Å². The lowest BCUT2D eigenvalue weighted by atomic mass is 10.1. The number of rotatable bonds is 7. The Kier molecular flexibility index (Phi) is 6.37. The van der Waals surface area contributed by atoms with Gasteiger partial charge >= 0.3 is 0 Å². The molecule has 20 heavy (non-hydrogen) atoms. The zero-order valence-corrected chi connectivity index (χ0v) is 13.1. The number of halogens is 1. The molecule has 4 heteroatoms. The van der Waals surface area contributed by atoms with Crippen molar-refractivity contribution in [3.63, 3.8) is 0 Å². The van der Waals surface area contributed by atoms with Gasteiger partial charge in [-0.1, -0.05) is 24.6 Å². The van der Waals surface area contributed by atoms with Gasteiger partial charge in [0, 0.05) is 40.0 Å². The van der Waals surface area contributed by atoms with Gasteiger partial charge < -0.3 is 5.32 Å². The minimum absolute atomic E-state index is 0.426. The fourth-order valence-electron chi connectivity index (χ4n) is 1.98. The summed E-state index contributed by atoms with van der Waals surface area (Å²) in [6, 6.07) is 14.5. The Morgan fingerprint density at radius 1 is 1.20 bits per heavy atom. The fraction of sp³-hybridized carbons (Fsp3) is 0.312. The number of aromatic nitrogens is 1. The number of nitrogens with zero attached hydrogens (tertiary/aromatic N) is 1. The zero-order chi connectivity index (χ0) is 14.2. The van der Waals surface area contributed by atoms with E-state index in [1.54, 1.807) is 0 Å². The van der Waals surface area contributed by atoms with Crippen LogP contribution < -0.4 is 5.32 Å². The molecule has 0 radical (unpaired) electrons. The zero-order valence-electron chi connectivity index (χ0n) is 11.6. The topological polar surface area (TPSA) is 24.9 Å². The van der Waals surface area contributed by atoms with Gasteiger partial charge in [-0.25, -0.2) is 0 Å². The minimum Gasteiger partial charge on any atom is -0.313 e. The van der Waals surface area contributed by atoms with E-state index in [0.717, 1.165) is 29.4 Å². The largest absolute Gasteiger partial charge is 0.313 e. The molecule has 0 spiro atoms. The first-order valence-electron chi connectivity index (χ1n) is 6.79. The maximum absolute atomic E-state index is 5.90. The van der Waals surface area contributed by atoms with Gasteiger partial charge in [-0.3, -0.25) is 4.98 Å². The molecule has 0 aliphatic heterocycles. The summed E-state index contributed by atoms with van der Waals surface area (Å²) in [4.78, 5) is 5.65. The lowest BCUT2D eigenvalue weighted by Crippen LogP contribution is -2.33. The average Bonchev–Trinajstić information content (AvgIpc) is 2.48. The van der Waals surface area contributed by atoms with Gasteiger partial charge in [-0.15, -0.1) is 11.8 Å². The van der Waals surface area contributed by atoms with E-state index >= 15 is 0 Å². The minimum atomic E-state index is 0.426. The summed E-state index contributed by atoms with van der Waals surface area (Å²) in [6.45, 7) is 3.11. The highest BCUT2D eigenvalue weighted by Gasteiger charge is 2.09. The van der Waals surface area contributed by atoms with Crippen LogP contribution in [0.25, 0.3) is 0 Å². The molecule has 1 aromatic carbocycles. The first kappa shape index (κ1) is 15.4. The molecule has 1 atom stereocenters. The van der Waals surface area contributed by atoms with Crippen LogP contribution in [0.2, 0.25) is 5.02 Å². The van der Waals surface area contributed by atoms with Gasteiger partial charge in [0.15, 0.2) is 0 Å². The molecule has 1 aromatic heterocycles. The van der Waals surface area contributed by atoms with Crippen molar-refractivity contribution >= 4 is 23.4 Å². The van der Waals surface area contributed by atoms with E-state index in [0.29, 0.717) is 6.04 Å². The summed E-state index contributed by atoms with van der Waals surface area (Å²) in [7, 11) is 0. The molecule has 2 nitrogen and oxygen atoms in total. The number of benzene rings is 1. The van der Waals surface area contributed by atoms with Gasteiger partial charge in [0.05, 0.1) is 0 Å². The van der Waals surface area contributed by atoms with E-state index < -0.39 is 0 Å². The van der Waals surface area contributed by atoms with Crippen molar-refractivity contribution in [2.45, 2.75) is 24.3 Å². The molecule has 0 aliphatic carbocycles. The quantitative estimate of drug-likeness (QED) is 0.781. The van der Waals surface area contributed by atoms with Crippen LogP contribution in [0.3, 0.4) is 0 Å². The number of hydrogen-bond donors (Lipinski definition) is 1. The Hall–Kier alpha value is -1.03. The molecule has 1 N–H and O–H groups in total. The van der Waals surface area contributed by atoms with Gasteiger partial charge in [0.1, 0.15) is 0 Å². The summed E-state index contributed by atoms with van der Waals surface area (Å²) >= 11 is 7.75. The monoisotopic (exact) mass is 306 g/mol. The van der Waals surface area contributed by atoms with Crippen molar-refractivity contribution in [3.8, 4) is 0 Å². The number of thioether (sulfide) groups is 1. The van der Waals surface area contributed by atoms with E-state index in [4.69, 9.17) is 11.6 Å². The van der Waals surface area contributed by atoms with Crippen LogP contribution in [0, 0.1) is 0 Å². The summed E-state index contributed by atoms with van der Waals surface area (Å²) in [5, 5.41) is 4.31. The molecule has 0 fully saturated rings. The molecule has 2 rings (SSSR count). The molecule has 2 aromatic rings. The molecule has 0 saturated carbocycles. The van der Waals surface area contributed by atoms with Crippen molar-refractivity contribution in [1.29, 1.82) is 0 Å². The molecule has 0 bridgehead atoms. The Morgan fingerprint density at radius 3 is 2.65 bits per heavy atom. The van der Waals surface area contributed by atoms with E-state index in [1.165, 1.54) is 4.90 Å². The second kappa shape index (κ2) is 8.30. The van der Waals surface area contributed by atoms with Gasteiger partial charge in [-0.05, 0) is 42.9 Å². The predicted molar refractivity (Wildman–Crippen MR) is 87.6 cm³/mol. The second-order valence-electron chi connectivity index (χ2n) is 4.54. The molecule has 0 saturated heterocycles. The Balaban J connectivity index is 1.90. The summed E-state index contributed by atoms with van der Waals surface area (Å²) < 4.78 is 0. The van der Waals surface area contributed by atoms with Crippen molar-refractivity contribution in [2.75, 3.05) is 12.3 Å². The van der Waals surface area contributed by atoms with Crippen LogP contribution in [0.5, 0.6) is 0 Å². The van der Waals surface area contributed by atoms with Crippen LogP contribution >= 0.6 is 23.4 Å². The van der Waals surface area contributed by atoms with Gasteiger partial charge in [0.2, 0.25) is 0 Å². The fourth-order valence-corrected chi connectivity index (χ4v) is 3.06. The summed E-state index contributed by atoms with van der Waals surface area (Å²) in [5.41, 5.74) is 1.13. The molecular weight excluding hydrogens is 288 g/mol. The van der Waals surface area contributed by atoms with Crippen molar-refractivity contribution in [3.05, 3.63) is 59.4 Å². The first-order chi connectivity index (χ1) is 9.78. The summed E-state index contributed by atoms with van der Waals surface area (Å²) in [5.74, 6) is 1.02.